The maximum absolute atomic E-state index is 13.7. The van der Waals surface area contributed by atoms with Crippen molar-refractivity contribution < 1.29 is 22.0 Å². The molecule has 1 atom stereocenters. The summed E-state index contributed by atoms with van der Waals surface area (Å²) < 4.78 is 46.0. The first-order valence-electron chi connectivity index (χ1n) is 9.44. The number of piperidine rings is 1. The van der Waals surface area contributed by atoms with E-state index in [0.717, 1.165) is 0 Å². The molecule has 2 aromatic carbocycles. The molecule has 2 N–H and O–H groups in total. The molecule has 2 heterocycles. The number of fused-ring (bicyclic) bond motifs is 1. The van der Waals surface area contributed by atoms with Crippen molar-refractivity contribution in [3.8, 4) is 0 Å². The Labute approximate surface area is 171 Å². The zero-order chi connectivity index (χ0) is 21.5. The van der Waals surface area contributed by atoms with Gasteiger partial charge in [0.15, 0.2) is 5.58 Å². The third-order valence-electron chi connectivity index (χ3n) is 5.22. The number of aromatic nitrogens is 1. The predicted octanol–water partition coefficient (Wildman–Crippen LogP) is 2.61. The highest BCUT2D eigenvalue weighted by Crippen LogP contribution is 2.26. The van der Waals surface area contributed by atoms with Gasteiger partial charge in [0.05, 0.1) is 16.3 Å². The average Bonchev–Trinajstić information content (AvgIpc) is 3.10. The Balaban J connectivity index is 1.52. The largest absolute Gasteiger partial charge is 0.417 e. The molecule has 0 spiro atoms. The first kappa shape index (κ1) is 20.3. The first-order valence-corrected chi connectivity index (χ1v) is 10.9. The minimum atomic E-state index is -3.88. The van der Waals surface area contributed by atoms with Crippen LogP contribution in [0.15, 0.2) is 50.5 Å². The fourth-order valence-corrected chi connectivity index (χ4v) is 5.06. The van der Waals surface area contributed by atoms with Gasteiger partial charge >= 0.3 is 5.76 Å². The first-order chi connectivity index (χ1) is 14.2. The van der Waals surface area contributed by atoms with Crippen LogP contribution in [0.1, 0.15) is 18.4 Å². The van der Waals surface area contributed by atoms with E-state index in [1.54, 1.807) is 19.1 Å². The molecule has 1 saturated heterocycles. The van der Waals surface area contributed by atoms with Crippen LogP contribution in [0.4, 0.5) is 10.1 Å². The summed E-state index contributed by atoms with van der Waals surface area (Å²) in [6.07, 6.45) is 1.04. The number of nitrogens with one attached hydrogen (secondary N) is 2. The zero-order valence-electron chi connectivity index (χ0n) is 16.1. The third kappa shape index (κ3) is 3.88. The third-order valence-corrected chi connectivity index (χ3v) is 7.09. The molecule has 0 radical (unpaired) electrons. The fraction of sp³-hybridized carbons (Fsp3) is 0.300. The Morgan fingerprint density at radius 2 is 2.07 bits per heavy atom. The number of halogens is 1. The van der Waals surface area contributed by atoms with Gasteiger partial charge in [-0.2, -0.15) is 4.31 Å². The highest BCUT2D eigenvalue weighted by atomic mass is 32.2. The number of oxazole rings is 1. The molecule has 0 bridgehead atoms. The van der Waals surface area contributed by atoms with Gasteiger partial charge in [-0.15, -0.1) is 0 Å². The Morgan fingerprint density at radius 3 is 2.83 bits per heavy atom. The van der Waals surface area contributed by atoms with Crippen LogP contribution in [-0.4, -0.2) is 36.7 Å². The molecule has 1 aromatic heterocycles. The molecule has 10 heteroatoms. The van der Waals surface area contributed by atoms with E-state index in [1.165, 1.54) is 28.6 Å². The molecule has 158 valence electrons. The van der Waals surface area contributed by atoms with E-state index >= 15 is 0 Å². The molecule has 3 aromatic rings. The fourth-order valence-electron chi connectivity index (χ4n) is 3.52. The van der Waals surface area contributed by atoms with Crippen LogP contribution in [0.5, 0.6) is 0 Å². The van der Waals surface area contributed by atoms with Crippen LogP contribution in [0.25, 0.3) is 11.1 Å². The van der Waals surface area contributed by atoms with Crippen molar-refractivity contribution in [3.63, 3.8) is 0 Å². The van der Waals surface area contributed by atoms with E-state index in [0.29, 0.717) is 29.6 Å². The van der Waals surface area contributed by atoms with E-state index in [4.69, 9.17) is 4.42 Å². The van der Waals surface area contributed by atoms with Crippen molar-refractivity contribution >= 4 is 32.7 Å². The van der Waals surface area contributed by atoms with E-state index in [-0.39, 0.29) is 29.5 Å². The minimum absolute atomic E-state index is 0.0115. The van der Waals surface area contributed by atoms with Gasteiger partial charge in [-0.05, 0) is 49.6 Å². The lowest BCUT2D eigenvalue weighted by atomic mass is 9.98. The van der Waals surface area contributed by atoms with Gasteiger partial charge in [-0.1, -0.05) is 6.07 Å². The molecule has 30 heavy (non-hydrogen) atoms. The molecule has 1 amide bonds. The van der Waals surface area contributed by atoms with E-state index < -0.39 is 27.5 Å². The summed E-state index contributed by atoms with van der Waals surface area (Å²) in [5, 5.41) is 2.66. The number of aromatic amines is 1. The van der Waals surface area contributed by atoms with Gasteiger partial charge < -0.3 is 9.73 Å². The quantitative estimate of drug-likeness (QED) is 0.657. The van der Waals surface area contributed by atoms with Crippen molar-refractivity contribution in [3.05, 3.63) is 58.3 Å². The predicted molar refractivity (Wildman–Crippen MR) is 108 cm³/mol. The number of carbonyl (C=O) groups excluding carboxylic acids is 1. The second-order valence-corrected chi connectivity index (χ2v) is 9.27. The number of amides is 1. The van der Waals surface area contributed by atoms with Crippen molar-refractivity contribution in [2.75, 3.05) is 18.4 Å². The van der Waals surface area contributed by atoms with Crippen LogP contribution in [0.3, 0.4) is 0 Å². The second kappa shape index (κ2) is 7.69. The normalized spacial score (nSPS) is 17.9. The number of hydrogen-bond donors (Lipinski definition) is 2. The number of H-pyrrole nitrogens is 1. The molecule has 8 nitrogen and oxygen atoms in total. The van der Waals surface area contributed by atoms with Crippen LogP contribution in [0.2, 0.25) is 0 Å². The van der Waals surface area contributed by atoms with Gasteiger partial charge in [0.25, 0.3) is 0 Å². The molecule has 4 rings (SSSR count). The van der Waals surface area contributed by atoms with Crippen LogP contribution < -0.4 is 11.1 Å². The molecule has 1 aliphatic heterocycles. The Bertz CT molecular complexity index is 1280. The Hall–Kier alpha value is -2.98. The number of rotatable bonds is 4. The molecule has 1 fully saturated rings. The minimum Gasteiger partial charge on any atom is -0.408 e. The maximum Gasteiger partial charge on any atom is 0.417 e. The van der Waals surface area contributed by atoms with Gasteiger partial charge in [-0.3, -0.25) is 9.78 Å². The highest BCUT2D eigenvalue weighted by molar-refractivity contribution is 7.89. The molecule has 0 saturated carbocycles. The Morgan fingerprint density at radius 1 is 1.27 bits per heavy atom. The number of carbonyl (C=O) groups is 1. The van der Waals surface area contributed by atoms with Crippen molar-refractivity contribution in [2.45, 2.75) is 24.7 Å². The number of sulfonamides is 1. The van der Waals surface area contributed by atoms with Crippen LogP contribution in [-0.2, 0) is 14.8 Å². The van der Waals surface area contributed by atoms with Crippen molar-refractivity contribution in [1.29, 1.82) is 0 Å². The van der Waals surface area contributed by atoms with Gasteiger partial charge in [0.1, 0.15) is 5.82 Å². The summed E-state index contributed by atoms with van der Waals surface area (Å²) in [6, 6.07) is 8.56. The smallest absolute Gasteiger partial charge is 0.408 e. The monoisotopic (exact) mass is 433 g/mol. The summed E-state index contributed by atoms with van der Waals surface area (Å²) >= 11 is 0. The molecular weight excluding hydrogens is 413 g/mol. The number of hydrogen-bond acceptors (Lipinski definition) is 5. The zero-order valence-corrected chi connectivity index (χ0v) is 17.0. The average molecular weight is 433 g/mol. The number of benzene rings is 2. The van der Waals surface area contributed by atoms with Crippen LogP contribution in [0, 0.1) is 18.7 Å². The lowest BCUT2D eigenvalue weighted by molar-refractivity contribution is -0.120. The summed E-state index contributed by atoms with van der Waals surface area (Å²) in [5.41, 5.74) is 1.35. The summed E-state index contributed by atoms with van der Waals surface area (Å²) in [4.78, 5) is 26.4. The molecule has 1 aliphatic rings. The van der Waals surface area contributed by atoms with Gasteiger partial charge in [-0.25, -0.2) is 17.6 Å². The summed E-state index contributed by atoms with van der Waals surface area (Å²) in [6.45, 7) is 1.92. The Kier molecular flexibility index (Phi) is 5.20. The summed E-state index contributed by atoms with van der Waals surface area (Å²) in [5.74, 6) is -2.01. The van der Waals surface area contributed by atoms with Crippen molar-refractivity contribution in [1.82, 2.24) is 9.29 Å². The van der Waals surface area contributed by atoms with E-state index in [9.17, 15) is 22.4 Å². The van der Waals surface area contributed by atoms with E-state index in [1.807, 2.05) is 0 Å². The molecular formula is C20H20FN3O5S. The van der Waals surface area contributed by atoms with Gasteiger partial charge in [0.2, 0.25) is 15.9 Å². The number of anilines is 1. The van der Waals surface area contributed by atoms with Crippen LogP contribution >= 0.6 is 0 Å². The van der Waals surface area contributed by atoms with Gasteiger partial charge in [0, 0.05) is 24.8 Å². The SMILES string of the molecule is Cc1ccc(NC(=O)[C@H]2CCCN(S(=O)(=O)c3ccc4[nH]c(=O)oc4c3)C2)cc1F. The molecule has 0 aliphatic carbocycles. The second-order valence-electron chi connectivity index (χ2n) is 7.33. The van der Waals surface area contributed by atoms with Crippen molar-refractivity contribution in [2.24, 2.45) is 5.92 Å². The standard InChI is InChI=1S/C20H20FN3O5S/c1-12-4-5-14(9-16(12)21)22-19(25)13-3-2-8-24(11-13)30(27,28)15-6-7-17-18(10-15)29-20(26)23-17/h4-7,9-10,13H,2-3,8,11H2,1H3,(H,22,25)(H,23,26)/t13-/m0/s1. The number of aryl methyl sites for hydroxylation is 1. The summed E-state index contributed by atoms with van der Waals surface area (Å²) in [7, 11) is -3.88. The topological polar surface area (TPSA) is 112 Å². The maximum atomic E-state index is 13.7. The van der Waals surface area contributed by atoms with E-state index in [2.05, 4.69) is 10.3 Å². The lowest BCUT2D eigenvalue weighted by Gasteiger charge is -2.31. The molecule has 0 unspecified atom stereocenters. The highest BCUT2D eigenvalue weighted by Gasteiger charge is 2.33. The lowest BCUT2D eigenvalue weighted by Crippen LogP contribution is -2.43. The number of nitrogens with zero attached hydrogens (tertiary/aromatic N) is 1.